The number of nitrogens with one attached hydrogen (secondary N) is 2. The van der Waals surface area contributed by atoms with E-state index in [0.717, 1.165) is 64.3 Å². The molecule has 22 heavy (non-hydrogen) atoms. The molecule has 1 amide bonds. The fourth-order valence-electron chi connectivity index (χ4n) is 3.42. The van der Waals surface area contributed by atoms with Gasteiger partial charge in [0.05, 0.1) is 0 Å². The van der Waals surface area contributed by atoms with E-state index < -0.39 is 0 Å². The van der Waals surface area contributed by atoms with E-state index in [0.29, 0.717) is 18.2 Å². The number of carbonyl (C=O) groups excluding carboxylic acids is 1. The van der Waals surface area contributed by atoms with Crippen LogP contribution in [-0.2, 0) is 4.79 Å². The molecule has 6 heteroatoms. The number of piperidine rings is 1. The van der Waals surface area contributed by atoms with E-state index in [1.807, 2.05) is 4.90 Å². The van der Waals surface area contributed by atoms with E-state index in [9.17, 15) is 4.79 Å². The summed E-state index contributed by atoms with van der Waals surface area (Å²) < 4.78 is 0. The van der Waals surface area contributed by atoms with Gasteiger partial charge >= 0.3 is 0 Å². The highest BCUT2D eigenvalue weighted by atomic mass is 16.2. The zero-order valence-electron chi connectivity index (χ0n) is 13.5. The molecule has 1 unspecified atom stereocenters. The number of hydrogen-bond donors (Lipinski definition) is 2. The maximum Gasteiger partial charge on any atom is 0.222 e. The molecular weight excluding hydrogens is 278 g/mol. The van der Waals surface area contributed by atoms with E-state index >= 15 is 0 Å². The minimum atomic E-state index is 0.300. The summed E-state index contributed by atoms with van der Waals surface area (Å²) in [4.78, 5) is 16.5. The van der Waals surface area contributed by atoms with Crippen molar-refractivity contribution in [1.82, 2.24) is 20.4 Å². The first-order chi connectivity index (χ1) is 10.8. The topological polar surface area (TPSA) is 64.3 Å². The predicted molar refractivity (Wildman–Crippen MR) is 87.1 cm³/mol. The van der Waals surface area contributed by atoms with Gasteiger partial charge in [0.25, 0.3) is 0 Å². The monoisotopic (exact) mass is 305 g/mol. The average molecular weight is 305 g/mol. The third kappa shape index (κ3) is 3.43. The van der Waals surface area contributed by atoms with Crippen molar-refractivity contribution in [3.05, 3.63) is 11.8 Å². The summed E-state index contributed by atoms with van der Waals surface area (Å²) in [5, 5.41) is 11.1. The molecule has 0 aliphatic carbocycles. The number of H-pyrrole nitrogens is 1. The second-order valence-electron chi connectivity index (χ2n) is 6.35. The summed E-state index contributed by atoms with van der Waals surface area (Å²) in [6.45, 7) is 7.87. The highest BCUT2D eigenvalue weighted by molar-refractivity contribution is 5.76. The SMILES string of the molecule is CCCC(=O)N1CCCC(c2cc(N3CCNCC3)n[nH]2)C1. The van der Waals surface area contributed by atoms with Crippen molar-refractivity contribution in [2.45, 2.75) is 38.5 Å². The minimum absolute atomic E-state index is 0.300. The molecule has 2 N–H and O–H groups in total. The molecule has 122 valence electrons. The van der Waals surface area contributed by atoms with Crippen LogP contribution in [0.5, 0.6) is 0 Å². The van der Waals surface area contributed by atoms with E-state index in [-0.39, 0.29) is 0 Å². The van der Waals surface area contributed by atoms with E-state index in [1.54, 1.807) is 0 Å². The van der Waals surface area contributed by atoms with Crippen LogP contribution in [0.3, 0.4) is 0 Å². The van der Waals surface area contributed by atoms with Crippen LogP contribution < -0.4 is 10.2 Å². The first kappa shape index (κ1) is 15.3. The Morgan fingerprint density at radius 3 is 2.95 bits per heavy atom. The number of aromatic nitrogens is 2. The van der Waals surface area contributed by atoms with Crippen LogP contribution in [0.25, 0.3) is 0 Å². The molecule has 2 aliphatic heterocycles. The lowest BCUT2D eigenvalue weighted by Gasteiger charge is -2.32. The molecule has 2 aliphatic rings. The van der Waals surface area contributed by atoms with Gasteiger partial charge in [0.1, 0.15) is 0 Å². The predicted octanol–water partition coefficient (Wildman–Crippen LogP) is 1.33. The summed E-state index contributed by atoms with van der Waals surface area (Å²) in [7, 11) is 0. The van der Waals surface area contributed by atoms with Crippen molar-refractivity contribution >= 4 is 11.7 Å². The Balaban J connectivity index is 1.63. The zero-order chi connectivity index (χ0) is 15.4. The Bertz CT molecular complexity index is 494. The molecular formula is C16H27N5O. The smallest absolute Gasteiger partial charge is 0.222 e. The van der Waals surface area contributed by atoms with Gasteiger partial charge in [-0.05, 0) is 19.3 Å². The van der Waals surface area contributed by atoms with Gasteiger partial charge in [-0.15, -0.1) is 0 Å². The van der Waals surface area contributed by atoms with E-state index in [1.165, 1.54) is 5.69 Å². The van der Waals surface area contributed by atoms with Crippen molar-refractivity contribution in [3.63, 3.8) is 0 Å². The molecule has 6 nitrogen and oxygen atoms in total. The minimum Gasteiger partial charge on any atom is -0.353 e. The molecule has 2 saturated heterocycles. The number of nitrogens with zero attached hydrogens (tertiary/aromatic N) is 3. The molecule has 0 radical (unpaired) electrons. The van der Waals surface area contributed by atoms with Crippen molar-refractivity contribution in [2.75, 3.05) is 44.2 Å². The standard InChI is InChI=1S/C16H27N5O/c1-2-4-16(22)21-8-3-5-13(12-21)14-11-15(19-18-14)20-9-6-17-7-10-20/h11,13,17H,2-10,12H2,1H3,(H,18,19). The fraction of sp³-hybridized carbons (Fsp3) is 0.750. The van der Waals surface area contributed by atoms with Gasteiger partial charge in [-0.2, -0.15) is 5.10 Å². The lowest BCUT2D eigenvalue weighted by Crippen LogP contribution is -2.43. The lowest BCUT2D eigenvalue weighted by molar-refractivity contribution is -0.132. The summed E-state index contributed by atoms with van der Waals surface area (Å²) in [5.74, 6) is 1.75. The molecule has 1 aromatic heterocycles. The largest absolute Gasteiger partial charge is 0.353 e. The zero-order valence-corrected chi connectivity index (χ0v) is 13.5. The first-order valence-corrected chi connectivity index (χ1v) is 8.56. The molecule has 3 rings (SSSR count). The maximum atomic E-state index is 12.1. The number of anilines is 1. The van der Waals surface area contributed by atoms with Crippen LogP contribution in [0.2, 0.25) is 0 Å². The number of rotatable bonds is 4. The molecule has 1 atom stereocenters. The number of piperazine rings is 1. The number of amides is 1. The normalized spacial score (nSPS) is 22.9. The van der Waals surface area contributed by atoms with Gasteiger partial charge in [0.15, 0.2) is 5.82 Å². The summed E-state index contributed by atoms with van der Waals surface area (Å²) in [6.07, 6.45) is 3.82. The second-order valence-corrected chi connectivity index (χ2v) is 6.35. The highest BCUT2D eigenvalue weighted by Gasteiger charge is 2.26. The van der Waals surface area contributed by atoms with Gasteiger partial charge in [0.2, 0.25) is 5.91 Å². The third-order valence-corrected chi connectivity index (χ3v) is 4.70. The van der Waals surface area contributed by atoms with Crippen LogP contribution in [-0.4, -0.2) is 60.3 Å². The Labute approximate surface area is 132 Å². The van der Waals surface area contributed by atoms with Crippen LogP contribution >= 0.6 is 0 Å². The Hall–Kier alpha value is -1.56. The Morgan fingerprint density at radius 1 is 1.36 bits per heavy atom. The number of hydrogen-bond acceptors (Lipinski definition) is 4. The number of likely N-dealkylation sites (tertiary alicyclic amines) is 1. The maximum absolute atomic E-state index is 12.1. The summed E-state index contributed by atoms with van der Waals surface area (Å²) in [6, 6.07) is 2.18. The van der Waals surface area contributed by atoms with Crippen molar-refractivity contribution < 1.29 is 4.79 Å². The quantitative estimate of drug-likeness (QED) is 0.881. The fourth-order valence-corrected chi connectivity index (χ4v) is 3.42. The van der Waals surface area contributed by atoms with Gasteiger partial charge < -0.3 is 15.1 Å². The van der Waals surface area contributed by atoms with E-state index in [2.05, 4.69) is 33.4 Å². The van der Waals surface area contributed by atoms with Gasteiger partial charge in [-0.1, -0.05) is 6.92 Å². The summed E-state index contributed by atoms with van der Waals surface area (Å²) in [5.41, 5.74) is 1.18. The lowest BCUT2D eigenvalue weighted by atomic mass is 9.94. The van der Waals surface area contributed by atoms with E-state index in [4.69, 9.17) is 0 Å². The highest BCUT2D eigenvalue weighted by Crippen LogP contribution is 2.28. The molecule has 0 spiro atoms. The average Bonchev–Trinajstić information content (AvgIpc) is 3.06. The van der Waals surface area contributed by atoms with Crippen LogP contribution in [0.1, 0.15) is 44.2 Å². The number of aromatic amines is 1. The first-order valence-electron chi connectivity index (χ1n) is 8.56. The van der Waals surface area contributed by atoms with Gasteiger partial charge in [-0.25, -0.2) is 0 Å². The molecule has 1 aromatic rings. The third-order valence-electron chi connectivity index (χ3n) is 4.70. The summed E-state index contributed by atoms with van der Waals surface area (Å²) >= 11 is 0. The van der Waals surface area contributed by atoms with Gasteiger partial charge in [-0.3, -0.25) is 9.89 Å². The van der Waals surface area contributed by atoms with Crippen LogP contribution in [0.4, 0.5) is 5.82 Å². The molecule has 0 saturated carbocycles. The van der Waals surface area contributed by atoms with Crippen molar-refractivity contribution in [1.29, 1.82) is 0 Å². The van der Waals surface area contributed by atoms with Crippen molar-refractivity contribution in [2.24, 2.45) is 0 Å². The Kier molecular flexibility index (Phi) is 4.97. The van der Waals surface area contributed by atoms with Gasteiger partial charge in [0, 0.05) is 63.4 Å². The number of carbonyl (C=O) groups is 1. The van der Waals surface area contributed by atoms with Crippen molar-refractivity contribution in [3.8, 4) is 0 Å². The second kappa shape index (κ2) is 7.13. The molecule has 0 aromatic carbocycles. The Morgan fingerprint density at radius 2 is 2.18 bits per heavy atom. The molecule has 0 bridgehead atoms. The molecule has 3 heterocycles. The molecule has 2 fully saturated rings. The van der Waals surface area contributed by atoms with Crippen LogP contribution in [0.15, 0.2) is 6.07 Å². The van der Waals surface area contributed by atoms with Crippen LogP contribution in [0, 0.1) is 0 Å².